The Morgan fingerprint density at radius 3 is 0.915 bits per heavy atom. The van der Waals surface area contributed by atoms with Gasteiger partial charge in [0.25, 0.3) is 0 Å². The number of hydrogen-bond acceptors (Lipinski definition) is 6. The summed E-state index contributed by atoms with van der Waals surface area (Å²) in [7, 11) is 0. The summed E-state index contributed by atoms with van der Waals surface area (Å²) in [5, 5.41) is 31.4. The van der Waals surface area contributed by atoms with Crippen molar-refractivity contribution in [3.63, 3.8) is 0 Å². The van der Waals surface area contributed by atoms with E-state index in [2.05, 4.69) is 32.9 Å². The predicted molar refractivity (Wildman–Crippen MR) is 252 cm³/mol. The second-order valence-corrected chi connectivity index (χ2v) is 18.4. The van der Waals surface area contributed by atoms with Gasteiger partial charge in [-0.15, -0.1) is 0 Å². The van der Waals surface area contributed by atoms with E-state index in [0.717, 1.165) is 70.6 Å². The number of aliphatic hydroxyl groups excluding tert-OH is 2. The third-order valence-electron chi connectivity index (χ3n) is 12.9. The third-order valence-corrected chi connectivity index (χ3v) is 12.9. The van der Waals surface area contributed by atoms with E-state index in [-0.39, 0.29) is 19.3 Å². The summed E-state index contributed by atoms with van der Waals surface area (Å²) >= 11 is 0. The minimum absolute atomic E-state index is 0.0383. The van der Waals surface area contributed by atoms with Crippen molar-refractivity contribution in [2.45, 2.75) is 290 Å². The highest BCUT2D eigenvalue weighted by atomic mass is 16.4. The Bertz CT molecular complexity index is 943. The molecule has 6 heteroatoms. The number of aliphatic hydroxyl groups is 3. The first-order valence-corrected chi connectivity index (χ1v) is 26.0. The highest BCUT2D eigenvalue weighted by molar-refractivity contribution is 6.26. The molecule has 0 aromatic carbocycles. The van der Waals surface area contributed by atoms with Crippen molar-refractivity contribution in [3.8, 4) is 0 Å². The van der Waals surface area contributed by atoms with Crippen LogP contribution < -0.4 is 0 Å². The van der Waals surface area contributed by atoms with E-state index >= 15 is 0 Å². The van der Waals surface area contributed by atoms with Gasteiger partial charge in [-0.3, -0.25) is 14.4 Å². The molecule has 0 saturated heterocycles. The summed E-state index contributed by atoms with van der Waals surface area (Å²) in [5.41, 5.74) is -4.55. The minimum atomic E-state index is -2.53. The van der Waals surface area contributed by atoms with Gasteiger partial charge in [0, 0.05) is 12.8 Å². The van der Waals surface area contributed by atoms with E-state index in [0.29, 0.717) is 19.3 Å². The standard InChI is InChI=1S/C53H100O6/c1-4-7-10-13-16-19-22-25-28-31-34-37-40-43-46-53(51(58)52(59,47-54)48-55,49(56)44-41-38-35-32-29-26-23-20-17-14-11-8-5-2)50(57)45-42-39-36-33-30-27-24-21-18-15-12-9-6-3/h25,28,54-55,59H,4-24,26-27,29-48H2,1-3H3/b28-25-. The van der Waals surface area contributed by atoms with Crippen LogP contribution in [0.4, 0.5) is 0 Å². The highest BCUT2D eigenvalue weighted by Crippen LogP contribution is 2.37. The molecule has 0 aromatic rings. The van der Waals surface area contributed by atoms with Crippen molar-refractivity contribution in [1.82, 2.24) is 0 Å². The van der Waals surface area contributed by atoms with Crippen molar-refractivity contribution < 1.29 is 29.7 Å². The Hall–Kier alpha value is -1.37. The van der Waals surface area contributed by atoms with Crippen LogP contribution in [0, 0.1) is 5.41 Å². The van der Waals surface area contributed by atoms with Crippen LogP contribution in [0.15, 0.2) is 12.2 Å². The Kier molecular flexibility index (Phi) is 41.0. The highest BCUT2D eigenvalue weighted by Gasteiger charge is 2.56. The van der Waals surface area contributed by atoms with E-state index in [9.17, 15) is 29.7 Å². The van der Waals surface area contributed by atoms with Crippen LogP contribution in [0.2, 0.25) is 0 Å². The predicted octanol–water partition coefficient (Wildman–Crippen LogP) is 15.0. The van der Waals surface area contributed by atoms with Crippen LogP contribution in [-0.2, 0) is 14.4 Å². The molecule has 0 heterocycles. The summed E-state index contributed by atoms with van der Waals surface area (Å²) in [6.45, 7) is 4.71. The summed E-state index contributed by atoms with van der Waals surface area (Å²) in [5.74, 6) is -1.85. The van der Waals surface area contributed by atoms with Gasteiger partial charge in [0.05, 0.1) is 13.2 Å². The molecule has 6 nitrogen and oxygen atoms in total. The topological polar surface area (TPSA) is 112 Å². The van der Waals surface area contributed by atoms with Crippen molar-refractivity contribution in [2.24, 2.45) is 5.41 Å². The zero-order valence-electron chi connectivity index (χ0n) is 39.6. The molecule has 0 amide bonds. The number of allylic oxidation sites excluding steroid dienone is 2. The van der Waals surface area contributed by atoms with E-state index in [1.807, 2.05) is 0 Å². The maximum absolute atomic E-state index is 14.3. The normalized spacial score (nSPS) is 12.2. The van der Waals surface area contributed by atoms with Gasteiger partial charge in [-0.25, -0.2) is 0 Å². The van der Waals surface area contributed by atoms with Crippen LogP contribution in [0.3, 0.4) is 0 Å². The van der Waals surface area contributed by atoms with Crippen molar-refractivity contribution in [2.75, 3.05) is 13.2 Å². The number of rotatable bonds is 48. The lowest BCUT2D eigenvalue weighted by atomic mass is 9.65. The lowest BCUT2D eigenvalue weighted by Crippen LogP contribution is -2.59. The molecule has 0 atom stereocenters. The van der Waals surface area contributed by atoms with Crippen LogP contribution in [0.25, 0.3) is 0 Å². The molecule has 0 aliphatic carbocycles. The van der Waals surface area contributed by atoms with E-state index in [1.54, 1.807) is 0 Å². The number of ketones is 3. The molecule has 0 aliphatic heterocycles. The maximum atomic E-state index is 14.3. The number of Topliss-reactive ketones (excluding diaryl/α,β-unsaturated/α-hetero) is 3. The molecule has 0 radical (unpaired) electrons. The Labute approximate surface area is 366 Å². The average Bonchev–Trinajstić information content (AvgIpc) is 3.24. The molecule has 0 saturated carbocycles. The van der Waals surface area contributed by atoms with Gasteiger partial charge in [0.2, 0.25) is 0 Å². The molecule has 0 aliphatic rings. The summed E-state index contributed by atoms with van der Waals surface area (Å²) < 4.78 is 0. The quantitative estimate of drug-likeness (QED) is 0.0320. The molecule has 0 rings (SSSR count). The zero-order valence-corrected chi connectivity index (χ0v) is 39.6. The minimum Gasteiger partial charge on any atom is -0.393 e. The van der Waals surface area contributed by atoms with E-state index < -0.39 is 41.6 Å². The lowest BCUT2D eigenvalue weighted by molar-refractivity contribution is -0.166. The molecular weight excluding hydrogens is 733 g/mol. The fraction of sp³-hybridized carbons (Fsp3) is 0.906. The van der Waals surface area contributed by atoms with Gasteiger partial charge in [0.1, 0.15) is 5.41 Å². The molecule has 0 unspecified atom stereocenters. The first kappa shape index (κ1) is 57.6. The largest absolute Gasteiger partial charge is 0.393 e. The van der Waals surface area contributed by atoms with Crippen LogP contribution in [0.5, 0.6) is 0 Å². The smallest absolute Gasteiger partial charge is 0.190 e. The summed E-state index contributed by atoms with van der Waals surface area (Å²) in [6, 6.07) is 0. The van der Waals surface area contributed by atoms with Gasteiger partial charge >= 0.3 is 0 Å². The number of unbranched alkanes of at least 4 members (excludes halogenated alkanes) is 34. The van der Waals surface area contributed by atoms with Crippen LogP contribution in [0.1, 0.15) is 284 Å². The molecule has 0 fully saturated rings. The Morgan fingerprint density at radius 2 is 0.627 bits per heavy atom. The second-order valence-electron chi connectivity index (χ2n) is 18.4. The van der Waals surface area contributed by atoms with Crippen LogP contribution in [-0.4, -0.2) is 51.5 Å². The fourth-order valence-electron chi connectivity index (χ4n) is 8.71. The first-order valence-electron chi connectivity index (χ1n) is 26.0. The maximum Gasteiger partial charge on any atom is 0.190 e. The van der Waals surface area contributed by atoms with E-state index in [4.69, 9.17) is 0 Å². The Balaban J connectivity index is 5.31. The Morgan fingerprint density at radius 1 is 0.373 bits per heavy atom. The summed E-state index contributed by atoms with van der Waals surface area (Å²) in [4.78, 5) is 42.8. The number of carbonyl (C=O) groups excluding carboxylic acids is 3. The average molecular weight is 833 g/mol. The molecule has 59 heavy (non-hydrogen) atoms. The second kappa shape index (κ2) is 42.0. The van der Waals surface area contributed by atoms with Crippen molar-refractivity contribution >= 4 is 17.3 Å². The van der Waals surface area contributed by atoms with Gasteiger partial charge in [-0.05, 0) is 44.9 Å². The molecular formula is C53H100O6. The monoisotopic (exact) mass is 833 g/mol. The molecule has 0 bridgehead atoms. The first-order chi connectivity index (χ1) is 28.8. The molecule has 3 N–H and O–H groups in total. The van der Waals surface area contributed by atoms with Gasteiger partial charge in [-0.1, -0.05) is 238 Å². The van der Waals surface area contributed by atoms with Crippen molar-refractivity contribution in [3.05, 3.63) is 12.2 Å². The third kappa shape index (κ3) is 29.5. The SMILES string of the molecule is CCCCCCCC/C=C\CCCCCCC(C(=O)CCCCCCCCCCCCCCC)(C(=O)CCCCCCCCCCCCCCC)C(=O)C(O)(CO)CO. The van der Waals surface area contributed by atoms with Gasteiger partial charge < -0.3 is 15.3 Å². The van der Waals surface area contributed by atoms with Gasteiger partial charge in [0.15, 0.2) is 23.0 Å². The molecule has 0 aromatic heterocycles. The number of carbonyl (C=O) groups is 3. The van der Waals surface area contributed by atoms with Crippen molar-refractivity contribution in [1.29, 1.82) is 0 Å². The van der Waals surface area contributed by atoms with Gasteiger partial charge in [-0.2, -0.15) is 0 Å². The molecule has 348 valence electrons. The van der Waals surface area contributed by atoms with E-state index in [1.165, 1.54) is 154 Å². The van der Waals surface area contributed by atoms with Crippen LogP contribution >= 0.6 is 0 Å². The molecule has 0 spiro atoms. The lowest BCUT2D eigenvalue weighted by Gasteiger charge is -2.36. The number of hydrogen-bond donors (Lipinski definition) is 3. The fourth-order valence-corrected chi connectivity index (χ4v) is 8.71. The zero-order chi connectivity index (χ0) is 43.6. The summed E-state index contributed by atoms with van der Waals surface area (Å²) in [6.07, 6.45) is 48.5.